The fourth-order valence-corrected chi connectivity index (χ4v) is 2.28. The lowest BCUT2D eigenvalue weighted by Gasteiger charge is -2.11. The van der Waals surface area contributed by atoms with E-state index in [1.807, 2.05) is 13.8 Å². The molecule has 1 atom stereocenters. The summed E-state index contributed by atoms with van der Waals surface area (Å²) in [5, 5.41) is 16.6. The highest BCUT2D eigenvalue weighted by molar-refractivity contribution is 5.92. The van der Waals surface area contributed by atoms with Crippen molar-refractivity contribution in [1.29, 1.82) is 0 Å². The van der Waals surface area contributed by atoms with Gasteiger partial charge >= 0.3 is 11.7 Å². The van der Waals surface area contributed by atoms with Gasteiger partial charge in [-0.05, 0) is 12.8 Å². The highest BCUT2D eigenvalue weighted by Gasteiger charge is 2.25. The summed E-state index contributed by atoms with van der Waals surface area (Å²) in [4.78, 5) is 27.6. The zero-order chi connectivity index (χ0) is 14.9. The van der Waals surface area contributed by atoms with E-state index in [0.29, 0.717) is 5.82 Å². The van der Waals surface area contributed by atoms with E-state index in [1.54, 1.807) is 0 Å². The summed E-state index contributed by atoms with van der Waals surface area (Å²) < 4.78 is 2.34. The summed E-state index contributed by atoms with van der Waals surface area (Å²) >= 11 is 0. The van der Waals surface area contributed by atoms with Gasteiger partial charge in [0.25, 0.3) is 0 Å². The molecule has 2 aromatic rings. The molecule has 2 aromatic heterocycles. The maximum absolute atomic E-state index is 12.2. The Morgan fingerprint density at radius 2 is 2.10 bits per heavy atom. The Hall–Kier alpha value is -2.25. The van der Waals surface area contributed by atoms with Crippen molar-refractivity contribution < 1.29 is 9.90 Å². The van der Waals surface area contributed by atoms with Crippen LogP contribution in [0.3, 0.4) is 0 Å². The van der Waals surface area contributed by atoms with Gasteiger partial charge in [0, 0.05) is 13.0 Å². The number of aromatic carboxylic acids is 1. The Kier molecular flexibility index (Phi) is 3.82. The van der Waals surface area contributed by atoms with Crippen molar-refractivity contribution in [3.8, 4) is 0 Å². The molecule has 0 fully saturated rings. The number of fused-ring (bicyclic) bond motifs is 1. The third-order valence-electron chi connectivity index (χ3n) is 3.32. The van der Waals surface area contributed by atoms with E-state index in [-0.39, 0.29) is 17.3 Å². The number of nitrogens with zero attached hydrogens (tertiary/aromatic N) is 5. The minimum atomic E-state index is -1.21. The highest BCUT2D eigenvalue weighted by Crippen LogP contribution is 2.24. The molecule has 0 aliphatic rings. The number of hydrogen-bond donors (Lipinski definition) is 1. The van der Waals surface area contributed by atoms with Crippen LogP contribution in [0.2, 0.25) is 0 Å². The summed E-state index contributed by atoms with van der Waals surface area (Å²) in [5.74, 6) is -0.725. The first-order valence-electron chi connectivity index (χ1n) is 6.56. The third-order valence-corrected chi connectivity index (χ3v) is 3.32. The van der Waals surface area contributed by atoms with Crippen LogP contribution in [0.15, 0.2) is 4.79 Å². The Morgan fingerprint density at radius 1 is 1.40 bits per heavy atom. The van der Waals surface area contributed by atoms with Gasteiger partial charge in [-0.1, -0.05) is 25.5 Å². The number of imidazole rings is 1. The average Bonchev–Trinajstić information content (AvgIpc) is 2.80. The lowest BCUT2D eigenvalue weighted by molar-refractivity contribution is 0.0692. The quantitative estimate of drug-likeness (QED) is 0.869. The molecule has 8 nitrogen and oxygen atoms in total. The smallest absolute Gasteiger partial charge is 0.358 e. The predicted molar refractivity (Wildman–Crippen MR) is 70.9 cm³/mol. The van der Waals surface area contributed by atoms with E-state index in [0.717, 1.165) is 23.9 Å². The molecule has 8 heteroatoms. The van der Waals surface area contributed by atoms with E-state index in [4.69, 9.17) is 0 Å². The Bertz CT molecular complexity index is 703. The van der Waals surface area contributed by atoms with Crippen molar-refractivity contribution in [3.05, 3.63) is 22.0 Å². The van der Waals surface area contributed by atoms with Crippen molar-refractivity contribution in [2.75, 3.05) is 0 Å². The lowest BCUT2D eigenvalue weighted by Crippen LogP contribution is -2.29. The lowest BCUT2D eigenvalue weighted by atomic mass is 10.0. The number of hydrogen-bond acceptors (Lipinski definition) is 5. The van der Waals surface area contributed by atoms with Gasteiger partial charge < -0.3 is 5.11 Å². The standard InChI is InChI=1S/C12H17N5O3/c1-4-6-7(5-2)9-13-8(11(18)19)10-14-15-16(3)12(20)17(9)10/h7H,4-6H2,1-3H3,(H,18,19). The van der Waals surface area contributed by atoms with Crippen LogP contribution in [0, 0.1) is 0 Å². The fourth-order valence-electron chi connectivity index (χ4n) is 2.28. The van der Waals surface area contributed by atoms with Gasteiger partial charge in [-0.2, -0.15) is 4.68 Å². The number of aryl methyl sites for hydroxylation is 1. The second-order valence-corrected chi connectivity index (χ2v) is 4.67. The molecule has 1 N–H and O–H groups in total. The molecule has 0 radical (unpaired) electrons. The Labute approximate surface area is 115 Å². The SMILES string of the molecule is CCCC(CC)c1nc(C(=O)O)c2nnn(C)c(=O)n12. The Balaban J connectivity index is 2.79. The molecule has 0 saturated carbocycles. The van der Waals surface area contributed by atoms with Crippen molar-refractivity contribution in [1.82, 2.24) is 24.4 Å². The maximum Gasteiger partial charge on any atom is 0.358 e. The number of carboxylic acid groups (broad SMARTS) is 1. The molecule has 2 rings (SSSR count). The second kappa shape index (κ2) is 5.40. The van der Waals surface area contributed by atoms with E-state index >= 15 is 0 Å². The molecule has 0 aliphatic heterocycles. The summed E-state index contributed by atoms with van der Waals surface area (Å²) in [7, 11) is 1.47. The molecule has 1 unspecified atom stereocenters. The zero-order valence-electron chi connectivity index (χ0n) is 11.7. The normalized spacial score (nSPS) is 12.8. The van der Waals surface area contributed by atoms with Gasteiger partial charge in [-0.25, -0.2) is 19.0 Å². The number of carboxylic acids is 1. The van der Waals surface area contributed by atoms with Crippen molar-refractivity contribution >= 4 is 11.6 Å². The minimum Gasteiger partial charge on any atom is -0.476 e. The highest BCUT2D eigenvalue weighted by atomic mass is 16.4. The van der Waals surface area contributed by atoms with Crippen molar-refractivity contribution in [2.24, 2.45) is 7.05 Å². The van der Waals surface area contributed by atoms with Crippen LogP contribution in [0.5, 0.6) is 0 Å². The molecular weight excluding hydrogens is 262 g/mol. The number of rotatable bonds is 5. The second-order valence-electron chi connectivity index (χ2n) is 4.67. The minimum absolute atomic E-state index is 0.00477. The summed E-state index contributed by atoms with van der Waals surface area (Å²) in [6, 6.07) is 0. The van der Waals surface area contributed by atoms with Gasteiger partial charge in [0.1, 0.15) is 5.82 Å². The molecule has 0 amide bonds. The number of aromatic nitrogens is 5. The van der Waals surface area contributed by atoms with Crippen molar-refractivity contribution in [2.45, 2.75) is 39.0 Å². The molecule has 20 heavy (non-hydrogen) atoms. The predicted octanol–water partition coefficient (Wildman–Crippen LogP) is 0.815. The third kappa shape index (κ3) is 2.17. The van der Waals surface area contributed by atoms with E-state index in [9.17, 15) is 14.7 Å². The first-order chi connectivity index (χ1) is 9.51. The van der Waals surface area contributed by atoms with Gasteiger partial charge in [0.05, 0.1) is 0 Å². The molecule has 2 heterocycles. The van der Waals surface area contributed by atoms with E-state index in [2.05, 4.69) is 15.3 Å². The maximum atomic E-state index is 12.2. The summed E-state index contributed by atoms with van der Waals surface area (Å²) in [5.41, 5.74) is -0.649. The first kappa shape index (κ1) is 14.2. The summed E-state index contributed by atoms with van der Waals surface area (Å²) in [6.07, 6.45) is 2.53. The summed E-state index contributed by atoms with van der Waals surface area (Å²) in [6.45, 7) is 4.02. The Morgan fingerprint density at radius 3 is 2.65 bits per heavy atom. The largest absolute Gasteiger partial charge is 0.476 e. The van der Waals surface area contributed by atoms with Crippen LogP contribution >= 0.6 is 0 Å². The number of carbonyl (C=O) groups is 1. The van der Waals surface area contributed by atoms with Crippen LogP contribution in [0.25, 0.3) is 5.65 Å². The monoisotopic (exact) mass is 279 g/mol. The van der Waals surface area contributed by atoms with Crippen LogP contribution < -0.4 is 5.69 Å². The molecule has 0 aliphatic carbocycles. The topological polar surface area (TPSA) is 102 Å². The fraction of sp³-hybridized carbons (Fsp3) is 0.583. The molecule has 0 spiro atoms. The molecule has 0 aromatic carbocycles. The molecule has 0 saturated heterocycles. The van der Waals surface area contributed by atoms with Crippen LogP contribution in [0.1, 0.15) is 55.3 Å². The molecular formula is C12H17N5O3. The average molecular weight is 279 g/mol. The zero-order valence-corrected chi connectivity index (χ0v) is 11.7. The van der Waals surface area contributed by atoms with Gasteiger partial charge in [-0.15, -0.1) is 5.10 Å². The van der Waals surface area contributed by atoms with E-state index in [1.165, 1.54) is 11.4 Å². The van der Waals surface area contributed by atoms with Gasteiger partial charge in [0.15, 0.2) is 11.3 Å². The van der Waals surface area contributed by atoms with E-state index < -0.39 is 11.7 Å². The van der Waals surface area contributed by atoms with Crippen LogP contribution in [-0.4, -0.2) is 35.5 Å². The molecule has 0 bridgehead atoms. The van der Waals surface area contributed by atoms with Gasteiger partial charge in [-0.3, -0.25) is 0 Å². The van der Waals surface area contributed by atoms with Crippen LogP contribution in [-0.2, 0) is 7.05 Å². The molecule has 108 valence electrons. The first-order valence-corrected chi connectivity index (χ1v) is 6.56. The van der Waals surface area contributed by atoms with Crippen LogP contribution in [0.4, 0.5) is 0 Å². The van der Waals surface area contributed by atoms with Crippen molar-refractivity contribution in [3.63, 3.8) is 0 Å². The van der Waals surface area contributed by atoms with Gasteiger partial charge in [0.2, 0.25) is 0 Å².